The van der Waals surface area contributed by atoms with E-state index in [0.717, 1.165) is 11.3 Å². The van der Waals surface area contributed by atoms with Crippen LogP contribution in [0, 0.1) is 11.3 Å². The van der Waals surface area contributed by atoms with Crippen molar-refractivity contribution in [1.82, 2.24) is 5.32 Å². The lowest BCUT2D eigenvalue weighted by atomic mass is 9.97. The van der Waals surface area contributed by atoms with Crippen molar-refractivity contribution in [2.45, 2.75) is 38.5 Å². The molecule has 2 atom stereocenters. The quantitative estimate of drug-likeness (QED) is 0.806. The Balaban J connectivity index is 2.59. The van der Waals surface area contributed by atoms with Crippen LogP contribution in [0.3, 0.4) is 0 Å². The molecule has 0 saturated carbocycles. The maximum absolute atomic E-state index is 9.07. The van der Waals surface area contributed by atoms with Crippen molar-refractivity contribution >= 4 is 0 Å². The van der Waals surface area contributed by atoms with Crippen LogP contribution in [0.5, 0.6) is 5.75 Å². The second-order valence-electron chi connectivity index (χ2n) is 4.63. The molecule has 1 aromatic carbocycles. The van der Waals surface area contributed by atoms with Crippen LogP contribution in [0.25, 0.3) is 0 Å². The first-order valence-electron chi connectivity index (χ1n) is 5.99. The molecule has 4 nitrogen and oxygen atoms in total. The molecule has 0 saturated heterocycles. The molecule has 1 aromatic rings. The highest BCUT2D eigenvalue weighted by molar-refractivity contribution is 5.27. The smallest absolute Gasteiger partial charge is 0.119 e. The summed E-state index contributed by atoms with van der Waals surface area (Å²) in [6, 6.07) is 9.53. The molecule has 0 bridgehead atoms. The van der Waals surface area contributed by atoms with Gasteiger partial charge in [0, 0.05) is 6.42 Å². The fourth-order valence-electron chi connectivity index (χ4n) is 1.73. The van der Waals surface area contributed by atoms with Crippen molar-refractivity contribution in [1.29, 1.82) is 5.26 Å². The maximum Gasteiger partial charge on any atom is 0.119 e. The first-order chi connectivity index (χ1) is 8.53. The van der Waals surface area contributed by atoms with Gasteiger partial charge in [-0.2, -0.15) is 5.26 Å². The molecule has 1 rings (SSSR count). The van der Waals surface area contributed by atoms with E-state index >= 15 is 0 Å². The molecular weight excluding hydrogens is 228 g/mol. The minimum atomic E-state index is -0.579. The predicted molar refractivity (Wildman–Crippen MR) is 70.1 cm³/mol. The van der Waals surface area contributed by atoms with Crippen LogP contribution in [0.15, 0.2) is 24.3 Å². The summed E-state index contributed by atoms with van der Waals surface area (Å²) in [7, 11) is 1.77. The fraction of sp³-hybridized carbons (Fsp3) is 0.500. The Labute approximate surface area is 108 Å². The van der Waals surface area contributed by atoms with Crippen LogP contribution in [-0.4, -0.2) is 23.8 Å². The van der Waals surface area contributed by atoms with Gasteiger partial charge in [-0.1, -0.05) is 12.1 Å². The van der Waals surface area contributed by atoms with Gasteiger partial charge in [0.05, 0.1) is 18.8 Å². The molecule has 0 aliphatic heterocycles. The monoisotopic (exact) mass is 248 g/mol. The number of ether oxygens (including phenoxy) is 1. The van der Waals surface area contributed by atoms with Crippen LogP contribution >= 0.6 is 0 Å². The van der Waals surface area contributed by atoms with E-state index in [1.165, 1.54) is 0 Å². The van der Waals surface area contributed by atoms with Gasteiger partial charge < -0.3 is 15.2 Å². The lowest BCUT2D eigenvalue weighted by molar-refractivity contribution is 0.182. The Morgan fingerprint density at radius 3 is 2.50 bits per heavy atom. The summed E-state index contributed by atoms with van der Waals surface area (Å²) < 4.78 is 5.74. The Kier molecular flexibility index (Phi) is 5.14. The van der Waals surface area contributed by atoms with Gasteiger partial charge in [-0.3, -0.25) is 0 Å². The van der Waals surface area contributed by atoms with Gasteiger partial charge in [-0.25, -0.2) is 0 Å². The molecule has 2 N–H and O–H groups in total. The van der Waals surface area contributed by atoms with Crippen molar-refractivity contribution in [2.75, 3.05) is 7.05 Å². The first-order valence-corrected chi connectivity index (χ1v) is 5.99. The van der Waals surface area contributed by atoms with Gasteiger partial charge in [0.15, 0.2) is 0 Å². The zero-order chi connectivity index (χ0) is 13.6. The molecule has 0 fully saturated rings. The topological polar surface area (TPSA) is 65.3 Å². The molecule has 0 aromatic heterocycles. The molecular formula is C14H20N2O2. The van der Waals surface area contributed by atoms with Crippen molar-refractivity contribution in [2.24, 2.45) is 0 Å². The molecule has 98 valence electrons. The van der Waals surface area contributed by atoms with Crippen molar-refractivity contribution in [3.8, 4) is 11.8 Å². The van der Waals surface area contributed by atoms with E-state index in [1.807, 2.05) is 38.1 Å². The van der Waals surface area contributed by atoms with Crippen molar-refractivity contribution in [3.63, 3.8) is 0 Å². The summed E-state index contributed by atoms with van der Waals surface area (Å²) in [5.41, 5.74) is 0.275. The molecule has 18 heavy (non-hydrogen) atoms. The summed E-state index contributed by atoms with van der Waals surface area (Å²) in [6.45, 7) is 3.82. The van der Waals surface area contributed by atoms with E-state index in [0.29, 0.717) is 6.42 Å². The second-order valence-corrected chi connectivity index (χ2v) is 4.63. The third kappa shape index (κ3) is 4.02. The molecule has 0 radical (unpaired) electrons. The van der Waals surface area contributed by atoms with Crippen LogP contribution in [0.2, 0.25) is 0 Å². The number of benzene rings is 1. The first kappa shape index (κ1) is 14.5. The normalized spacial score (nSPS) is 15.5. The van der Waals surface area contributed by atoms with E-state index in [1.54, 1.807) is 7.05 Å². The standard InChI is InChI=1S/C14H20N2O2/c1-11(8-14(2,10-15)16-3)18-13-6-4-12(9-17)5-7-13/h4-7,11,16-17H,8-9H2,1-3H3. The van der Waals surface area contributed by atoms with Gasteiger partial charge in [-0.15, -0.1) is 0 Å². The fourth-order valence-corrected chi connectivity index (χ4v) is 1.73. The van der Waals surface area contributed by atoms with Crippen LogP contribution < -0.4 is 10.1 Å². The van der Waals surface area contributed by atoms with Gasteiger partial charge in [0.1, 0.15) is 11.3 Å². The van der Waals surface area contributed by atoms with Gasteiger partial charge in [0.25, 0.3) is 0 Å². The zero-order valence-corrected chi connectivity index (χ0v) is 11.1. The molecule has 0 aliphatic carbocycles. The third-order valence-corrected chi connectivity index (χ3v) is 2.94. The summed E-state index contributed by atoms with van der Waals surface area (Å²) in [6.07, 6.45) is 0.531. The lowest BCUT2D eigenvalue weighted by Gasteiger charge is -2.25. The number of hydrogen-bond donors (Lipinski definition) is 2. The summed E-state index contributed by atoms with van der Waals surface area (Å²) in [4.78, 5) is 0. The summed E-state index contributed by atoms with van der Waals surface area (Å²) in [5.74, 6) is 0.746. The van der Waals surface area contributed by atoms with Gasteiger partial charge >= 0.3 is 0 Å². The summed E-state index contributed by atoms with van der Waals surface area (Å²) >= 11 is 0. The Morgan fingerprint density at radius 2 is 2.06 bits per heavy atom. The van der Waals surface area contributed by atoms with E-state index in [9.17, 15) is 0 Å². The number of hydrogen-bond acceptors (Lipinski definition) is 4. The lowest BCUT2D eigenvalue weighted by Crippen LogP contribution is -2.41. The Hall–Kier alpha value is -1.57. The Morgan fingerprint density at radius 1 is 1.44 bits per heavy atom. The molecule has 2 unspecified atom stereocenters. The molecule has 0 spiro atoms. The number of rotatable bonds is 6. The van der Waals surface area contributed by atoms with E-state index < -0.39 is 5.54 Å². The van der Waals surface area contributed by atoms with Crippen LogP contribution in [0.1, 0.15) is 25.8 Å². The van der Waals surface area contributed by atoms with E-state index in [2.05, 4.69) is 11.4 Å². The van der Waals surface area contributed by atoms with Crippen LogP contribution in [0.4, 0.5) is 0 Å². The van der Waals surface area contributed by atoms with Crippen molar-refractivity contribution < 1.29 is 9.84 Å². The highest BCUT2D eigenvalue weighted by Gasteiger charge is 2.25. The van der Waals surface area contributed by atoms with Gasteiger partial charge in [-0.05, 0) is 38.6 Å². The van der Waals surface area contributed by atoms with E-state index in [-0.39, 0.29) is 12.7 Å². The van der Waals surface area contributed by atoms with Crippen molar-refractivity contribution in [3.05, 3.63) is 29.8 Å². The average molecular weight is 248 g/mol. The number of nitriles is 1. The minimum Gasteiger partial charge on any atom is -0.491 e. The van der Waals surface area contributed by atoms with Gasteiger partial charge in [0.2, 0.25) is 0 Å². The van der Waals surface area contributed by atoms with E-state index in [4.69, 9.17) is 15.1 Å². The highest BCUT2D eigenvalue weighted by atomic mass is 16.5. The maximum atomic E-state index is 9.07. The molecule has 4 heteroatoms. The second kappa shape index (κ2) is 6.39. The largest absolute Gasteiger partial charge is 0.491 e. The van der Waals surface area contributed by atoms with Crippen LogP contribution in [-0.2, 0) is 6.61 Å². The number of nitrogens with one attached hydrogen (secondary N) is 1. The number of aliphatic hydroxyl groups excluding tert-OH is 1. The third-order valence-electron chi connectivity index (χ3n) is 2.94. The molecule has 0 amide bonds. The SMILES string of the molecule is CNC(C)(C#N)CC(C)Oc1ccc(CO)cc1. The molecule has 0 heterocycles. The minimum absolute atomic E-state index is 0.0299. The predicted octanol–water partition coefficient (Wildman–Crippen LogP) is 1.84. The number of nitrogens with zero attached hydrogens (tertiary/aromatic N) is 1. The zero-order valence-electron chi connectivity index (χ0n) is 11.1. The highest BCUT2D eigenvalue weighted by Crippen LogP contribution is 2.18. The number of aliphatic hydroxyl groups is 1. The molecule has 0 aliphatic rings. The Bertz CT molecular complexity index is 411. The summed E-state index contributed by atoms with van der Waals surface area (Å²) in [5, 5.41) is 21.0. The average Bonchev–Trinajstić information content (AvgIpc) is 2.39.